The number of carbonyl (C=O) groups excluding carboxylic acids is 1. The molecular formula is C16H15F2NO9. The van der Waals surface area contributed by atoms with Crippen molar-refractivity contribution in [3.05, 3.63) is 39.8 Å². The SMILES string of the molecule is O=C(NC1C(O)OC(CO)[C@@H](O)[C@@H]1O)c1cc2cc(F)c(O)c(F)c2oc1=O. The van der Waals surface area contributed by atoms with E-state index in [1.165, 1.54) is 0 Å². The van der Waals surface area contributed by atoms with Crippen LogP contribution in [-0.2, 0) is 4.74 Å². The van der Waals surface area contributed by atoms with E-state index >= 15 is 0 Å². The maximum Gasteiger partial charge on any atom is 0.349 e. The molecule has 6 N–H and O–H groups in total. The van der Waals surface area contributed by atoms with Crippen LogP contribution < -0.4 is 10.9 Å². The van der Waals surface area contributed by atoms with Gasteiger partial charge in [-0.15, -0.1) is 0 Å². The molecule has 3 unspecified atom stereocenters. The first-order chi connectivity index (χ1) is 13.1. The van der Waals surface area contributed by atoms with Gasteiger partial charge in [0.15, 0.2) is 23.4 Å². The smallest absolute Gasteiger partial charge is 0.349 e. The minimum Gasteiger partial charge on any atom is -0.503 e. The van der Waals surface area contributed by atoms with Crippen molar-refractivity contribution in [1.29, 1.82) is 0 Å². The predicted molar refractivity (Wildman–Crippen MR) is 85.3 cm³/mol. The number of amides is 1. The van der Waals surface area contributed by atoms with Crippen LogP contribution in [0.3, 0.4) is 0 Å². The average Bonchev–Trinajstić information content (AvgIpc) is 2.66. The topological polar surface area (TPSA) is 170 Å². The number of halogens is 2. The van der Waals surface area contributed by atoms with Gasteiger partial charge in [0.05, 0.1) is 6.61 Å². The summed E-state index contributed by atoms with van der Waals surface area (Å²) in [6, 6.07) is -0.165. The van der Waals surface area contributed by atoms with Gasteiger partial charge in [0.25, 0.3) is 5.91 Å². The number of benzene rings is 1. The first kappa shape index (κ1) is 20.1. The van der Waals surface area contributed by atoms with Gasteiger partial charge in [-0.3, -0.25) is 4.79 Å². The number of nitrogens with one attached hydrogen (secondary N) is 1. The van der Waals surface area contributed by atoms with E-state index in [0.29, 0.717) is 6.07 Å². The lowest BCUT2D eigenvalue weighted by molar-refractivity contribution is -0.252. The maximum absolute atomic E-state index is 13.8. The number of fused-ring (bicyclic) bond motifs is 1. The van der Waals surface area contributed by atoms with Crippen molar-refractivity contribution in [2.24, 2.45) is 0 Å². The van der Waals surface area contributed by atoms with E-state index in [9.17, 15) is 38.8 Å². The van der Waals surface area contributed by atoms with Crippen molar-refractivity contribution >= 4 is 16.9 Å². The lowest BCUT2D eigenvalue weighted by Gasteiger charge is -2.40. The molecule has 0 bridgehead atoms. The van der Waals surface area contributed by atoms with Gasteiger partial charge in [-0.1, -0.05) is 0 Å². The number of aliphatic hydroxyl groups excluding tert-OH is 4. The molecule has 1 amide bonds. The summed E-state index contributed by atoms with van der Waals surface area (Å²) in [5.74, 6) is -5.43. The highest BCUT2D eigenvalue weighted by Crippen LogP contribution is 2.28. The summed E-state index contributed by atoms with van der Waals surface area (Å²) < 4.78 is 36.8. The minimum atomic E-state index is -1.83. The molecule has 0 radical (unpaired) electrons. The summed E-state index contributed by atoms with van der Waals surface area (Å²) in [4.78, 5) is 24.3. The molecule has 1 aromatic heterocycles. The van der Waals surface area contributed by atoms with E-state index in [0.717, 1.165) is 6.07 Å². The van der Waals surface area contributed by atoms with Gasteiger partial charge in [0, 0.05) is 5.39 Å². The molecule has 2 aromatic rings. The highest BCUT2D eigenvalue weighted by Gasteiger charge is 2.44. The molecule has 10 nitrogen and oxygen atoms in total. The van der Waals surface area contributed by atoms with Crippen LogP contribution in [0, 0.1) is 11.6 Å². The fourth-order valence-corrected chi connectivity index (χ4v) is 2.82. The number of hydrogen-bond donors (Lipinski definition) is 6. The predicted octanol–water partition coefficient (Wildman–Crippen LogP) is -1.69. The van der Waals surface area contributed by atoms with E-state index in [1.54, 1.807) is 0 Å². The van der Waals surface area contributed by atoms with Gasteiger partial charge in [0.1, 0.15) is 29.9 Å². The summed E-state index contributed by atoms with van der Waals surface area (Å²) in [5, 5.41) is 49.6. The number of phenols is 1. The van der Waals surface area contributed by atoms with Crippen LogP contribution in [0.25, 0.3) is 11.0 Å². The number of ether oxygens (including phenoxy) is 1. The lowest BCUT2D eigenvalue weighted by Crippen LogP contribution is -2.64. The number of rotatable bonds is 3. The van der Waals surface area contributed by atoms with Gasteiger partial charge in [0.2, 0.25) is 5.82 Å². The molecule has 0 saturated carbocycles. The van der Waals surface area contributed by atoms with Gasteiger partial charge in [-0.25, -0.2) is 9.18 Å². The lowest BCUT2D eigenvalue weighted by atomic mass is 9.97. The van der Waals surface area contributed by atoms with E-state index < -0.39 is 77.3 Å². The molecule has 1 aliphatic heterocycles. The number of aromatic hydroxyl groups is 1. The number of phenolic OH excluding ortho intramolecular Hbond substituents is 1. The van der Waals surface area contributed by atoms with E-state index in [1.807, 2.05) is 0 Å². The normalized spacial score (nSPS) is 27.7. The molecule has 1 fully saturated rings. The Morgan fingerprint density at radius 2 is 1.86 bits per heavy atom. The van der Waals surface area contributed by atoms with Crippen LogP contribution in [0.15, 0.2) is 21.3 Å². The molecule has 152 valence electrons. The Morgan fingerprint density at radius 1 is 1.18 bits per heavy atom. The second kappa shape index (κ2) is 7.41. The van der Waals surface area contributed by atoms with Crippen molar-refractivity contribution < 1.29 is 48.3 Å². The van der Waals surface area contributed by atoms with Crippen molar-refractivity contribution in [1.82, 2.24) is 5.32 Å². The van der Waals surface area contributed by atoms with Crippen molar-refractivity contribution in [3.8, 4) is 5.75 Å². The molecule has 5 atom stereocenters. The average molecular weight is 403 g/mol. The minimum absolute atomic E-state index is 0.348. The molecule has 2 heterocycles. The van der Waals surface area contributed by atoms with Gasteiger partial charge < -0.3 is 40.0 Å². The van der Waals surface area contributed by atoms with Crippen LogP contribution in [0.5, 0.6) is 5.75 Å². The van der Waals surface area contributed by atoms with Crippen molar-refractivity contribution in [3.63, 3.8) is 0 Å². The molecule has 0 aliphatic carbocycles. The van der Waals surface area contributed by atoms with Gasteiger partial charge in [-0.05, 0) is 12.1 Å². The summed E-state index contributed by atoms with van der Waals surface area (Å²) >= 11 is 0. The molecular weight excluding hydrogens is 388 g/mol. The summed E-state index contributed by atoms with van der Waals surface area (Å²) in [7, 11) is 0. The standard InChI is InChI=1S/C16H15F2NO9/c17-6-2-4-1-5(15(25)28-13(4)8(18)10(6)21)14(24)19-9-12(23)11(22)7(3-20)27-16(9)26/h1-2,7,9,11-12,16,20-23,26H,3H2,(H,19,24)/t7?,9?,11-,12-,16?/m1/s1. The highest BCUT2D eigenvalue weighted by molar-refractivity contribution is 5.97. The Morgan fingerprint density at radius 3 is 2.50 bits per heavy atom. The Bertz CT molecular complexity index is 979. The quantitative estimate of drug-likeness (QED) is 0.327. The fourth-order valence-electron chi connectivity index (χ4n) is 2.82. The monoisotopic (exact) mass is 403 g/mol. The van der Waals surface area contributed by atoms with Gasteiger partial charge >= 0.3 is 5.63 Å². The third-order valence-corrected chi connectivity index (χ3v) is 4.33. The molecule has 12 heteroatoms. The highest BCUT2D eigenvalue weighted by atomic mass is 19.1. The zero-order valence-corrected chi connectivity index (χ0v) is 13.9. The zero-order chi connectivity index (χ0) is 20.7. The van der Waals surface area contributed by atoms with Gasteiger partial charge in [-0.2, -0.15) is 4.39 Å². The third-order valence-electron chi connectivity index (χ3n) is 4.33. The van der Waals surface area contributed by atoms with E-state index in [4.69, 9.17) is 9.84 Å². The largest absolute Gasteiger partial charge is 0.503 e. The number of aliphatic hydroxyl groups is 4. The summed E-state index contributed by atoms with van der Waals surface area (Å²) in [6.07, 6.45) is -6.55. The van der Waals surface area contributed by atoms with Crippen LogP contribution in [0.1, 0.15) is 10.4 Å². The third kappa shape index (κ3) is 3.31. The molecule has 1 aliphatic rings. The molecule has 28 heavy (non-hydrogen) atoms. The first-order valence-corrected chi connectivity index (χ1v) is 7.92. The van der Waals surface area contributed by atoms with Crippen LogP contribution >= 0.6 is 0 Å². The van der Waals surface area contributed by atoms with Crippen LogP contribution in [0.4, 0.5) is 8.78 Å². The second-order valence-electron chi connectivity index (χ2n) is 6.11. The number of carbonyl (C=O) groups is 1. The number of hydrogen-bond acceptors (Lipinski definition) is 9. The van der Waals surface area contributed by atoms with Crippen molar-refractivity contribution in [2.75, 3.05) is 6.61 Å². The second-order valence-corrected chi connectivity index (χ2v) is 6.11. The summed E-state index contributed by atoms with van der Waals surface area (Å²) in [5.41, 5.74) is -2.85. The van der Waals surface area contributed by atoms with Crippen LogP contribution in [-0.4, -0.2) is 68.7 Å². The Kier molecular flexibility index (Phi) is 5.32. The van der Waals surface area contributed by atoms with E-state index in [2.05, 4.69) is 9.73 Å². The molecule has 3 rings (SSSR count). The molecule has 1 aromatic carbocycles. The van der Waals surface area contributed by atoms with E-state index in [-0.39, 0.29) is 5.39 Å². The summed E-state index contributed by atoms with van der Waals surface area (Å²) in [6.45, 7) is -0.714. The first-order valence-electron chi connectivity index (χ1n) is 7.92. The van der Waals surface area contributed by atoms with Crippen molar-refractivity contribution in [2.45, 2.75) is 30.6 Å². The maximum atomic E-state index is 13.8. The zero-order valence-electron chi connectivity index (χ0n) is 13.9. The fraction of sp³-hybridized carbons (Fsp3) is 0.375. The molecule has 1 saturated heterocycles. The van der Waals surface area contributed by atoms with Crippen LogP contribution in [0.2, 0.25) is 0 Å². The Hall–Kier alpha value is -2.64. The Labute approximate surface area is 154 Å². The molecule has 0 spiro atoms. The Balaban J connectivity index is 1.92.